The van der Waals surface area contributed by atoms with Crippen LogP contribution in [0.4, 0.5) is 5.69 Å². The van der Waals surface area contributed by atoms with Crippen LogP contribution in [-0.4, -0.2) is 26.4 Å². The Balaban J connectivity index is 2.15. The van der Waals surface area contributed by atoms with Crippen LogP contribution in [0, 0.1) is 0 Å². The van der Waals surface area contributed by atoms with Crippen LogP contribution in [0.1, 0.15) is 18.8 Å². The Morgan fingerprint density at radius 1 is 1.46 bits per heavy atom. The fourth-order valence-corrected chi connectivity index (χ4v) is 2.95. The number of hydrogen-bond donors (Lipinski definition) is 3. The highest BCUT2D eigenvalue weighted by atomic mass is 35.5. The van der Waals surface area contributed by atoms with Crippen LogP contribution in [0.15, 0.2) is 42.1 Å². The molecular formula is C15H19ClN6OS. The molecule has 0 aliphatic heterocycles. The van der Waals surface area contributed by atoms with E-state index in [1.807, 2.05) is 35.8 Å². The van der Waals surface area contributed by atoms with Gasteiger partial charge in [0.15, 0.2) is 11.0 Å². The first kappa shape index (κ1) is 18.3. The number of nitrogens with one attached hydrogen (secondary N) is 2. The van der Waals surface area contributed by atoms with Crippen molar-refractivity contribution in [3.63, 3.8) is 0 Å². The van der Waals surface area contributed by atoms with Crippen molar-refractivity contribution in [1.29, 1.82) is 0 Å². The standard InChI is InChI=1S/C15H19ClN6OS/c1-3-8-22-14(20-21-15(22)24-9-13(23)19-17)10(2)18-12-6-4-11(16)5-7-12/h3-7,10,18H,1,8-9,17H2,2H3,(H,19,23)/t10-/m0/s1. The van der Waals surface area contributed by atoms with Crippen LogP contribution in [0.5, 0.6) is 0 Å². The summed E-state index contributed by atoms with van der Waals surface area (Å²) in [5, 5.41) is 13.1. The Morgan fingerprint density at radius 2 is 2.17 bits per heavy atom. The van der Waals surface area contributed by atoms with Gasteiger partial charge in [0.2, 0.25) is 5.91 Å². The second-order valence-corrected chi connectivity index (χ2v) is 6.35. The van der Waals surface area contributed by atoms with Crippen molar-refractivity contribution < 1.29 is 4.79 Å². The average molecular weight is 367 g/mol. The lowest BCUT2D eigenvalue weighted by molar-refractivity contribution is -0.118. The first-order valence-corrected chi connectivity index (χ1v) is 8.59. The molecule has 0 unspecified atom stereocenters. The largest absolute Gasteiger partial charge is 0.375 e. The van der Waals surface area contributed by atoms with Gasteiger partial charge >= 0.3 is 0 Å². The van der Waals surface area contributed by atoms with Crippen LogP contribution in [0.25, 0.3) is 0 Å². The summed E-state index contributed by atoms with van der Waals surface area (Å²) in [6, 6.07) is 7.34. The van der Waals surface area contributed by atoms with Crippen LogP contribution in [-0.2, 0) is 11.3 Å². The summed E-state index contributed by atoms with van der Waals surface area (Å²) in [5.41, 5.74) is 3.02. The number of nitrogens with two attached hydrogens (primary N) is 1. The van der Waals surface area contributed by atoms with E-state index in [4.69, 9.17) is 17.4 Å². The van der Waals surface area contributed by atoms with Crippen molar-refractivity contribution in [3.8, 4) is 0 Å². The zero-order valence-corrected chi connectivity index (χ0v) is 14.8. The summed E-state index contributed by atoms with van der Waals surface area (Å²) >= 11 is 7.17. The van der Waals surface area contributed by atoms with Crippen LogP contribution >= 0.6 is 23.4 Å². The molecule has 0 aliphatic rings. The van der Waals surface area contributed by atoms with Gasteiger partial charge in [0.25, 0.3) is 0 Å². The Labute approximate surface area is 149 Å². The molecule has 0 radical (unpaired) electrons. The summed E-state index contributed by atoms with van der Waals surface area (Å²) in [6.07, 6.45) is 1.76. The Morgan fingerprint density at radius 3 is 2.79 bits per heavy atom. The maximum Gasteiger partial charge on any atom is 0.244 e. The number of aromatic nitrogens is 3. The highest BCUT2D eigenvalue weighted by Gasteiger charge is 2.18. The van der Waals surface area contributed by atoms with Crippen molar-refractivity contribution in [3.05, 3.63) is 47.8 Å². The molecule has 2 rings (SSSR count). The van der Waals surface area contributed by atoms with E-state index < -0.39 is 0 Å². The topological polar surface area (TPSA) is 97.9 Å². The summed E-state index contributed by atoms with van der Waals surface area (Å²) in [7, 11) is 0. The number of halogens is 1. The number of hydrogen-bond acceptors (Lipinski definition) is 6. The molecule has 0 saturated heterocycles. The second kappa shape index (κ2) is 8.72. The first-order chi connectivity index (χ1) is 11.5. The number of anilines is 1. The summed E-state index contributed by atoms with van der Waals surface area (Å²) < 4.78 is 1.91. The van der Waals surface area contributed by atoms with Gasteiger partial charge in [-0.3, -0.25) is 10.2 Å². The average Bonchev–Trinajstić information content (AvgIpc) is 2.98. The highest BCUT2D eigenvalue weighted by molar-refractivity contribution is 7.99. The molecule has 1 aromatic carbocycles. The maximum absolute atomic E-state index is 11.3. The number of rotatable bonds is 8. The second-order valence-electron chi connectivity index (χ2n) is 4.97. The normalized spacial score (nSPS) is 11.8. The zero-order chi connectivity index (χ0) is 17.5. The van der Waals surface area contributed by atoms with Gasteiger partial charge in [-0.25, -0.2) is 5.84 Å². The number of carbonyl (C=O) groups excluding carboxylic acids is 1. The monoisotopic (exact) mass is 366 g/mol. The molecular weight excluding hydrogens is 348 g/mol. The minimum atomic E-state index is -0.276. The van der Waals surface area contributed by atoms with Gasteiger partial charge in [-0.1, -0.05) is 29.4 Å². The number of carbonyl (C=O) groups is 1. The number of hydrazine groups is 1. The molecule has 7 nitrogen and oxygen atoms in total. The molecule has 128 valence electrons. The number of nitrogens with zero attached hydrogens (tertiary/aromatic N) is 3. The van der Waals surface area contributed by atoms with Crippen molar-refractivity contribution >= 4 is 35.0 Å². The quantitative estimate of drug-likeness (QED) is 0.218. The van der Waals surface area contributed by atoms with E-state index in [2.05, 4.69) is 27.5 Å². The minimum absolute atomic E-state index is 0.0867. The first-order valence-electron chi connectivity index (χ1n) is 7.23. The van der Waals surface area contributed by atoms with Gasteiger partial charge in [-0.05, 0) is 31.2 Å². The lowest BCUT2D eigenvalue weighted by Crippen LogP contribution is -2.31. The summed E-state index contributed by atoms with van der Waals surface area (Å²) in [5.74, 6) is 5.74. The van der Waals surface area contributed by atoms with Crippen molar-refractivity contribution in [2.45, 2.75) is 24.7 Å². The molecule has 4 N–H and O–H groups in total. The van der Waals surface area contributed by atoms with E-state index in [0.29, 0.717) is 16.7 Å². The van der Waals surface area contributed by atoms with Crippen molar-refractivity contribution in [2.24, 2.45) is 5.84 Å². The SMILES string of the molecule is C=CCn1c(SCC(=O)NN)nnc1[C@H](C)Nc1ccc(Cl)cc1. The highest BCUT2D eigenvalue weighted by Crippen LogP contribution is 2.24. The molecule has 1 heterocycles. The van der Waals surface area contributed by atoms with Gasteiger partial charge < -0.3 is 9.88 Å². The third kappa shape index (κ3) is 4.73. The molecule has 1 atom stereocenters. The van der Waals surface area contributed by atoms with Gasteiger partial charge in [0.05, 0.1) is 11.8 Å². The molecule has 2 aromatic rings. The minimum Gasteiger partial charge on any atom is -0.375 e. The summed E-state index contributed by atoms with van der Waals surface area (Å²) in [6.45, 7) is 6.29. The number of amides is 1. The Hall–Kier alpha value is -2.03. The fourth-order valence-electron chi connectivity index (χ4n) is 2.06. The van der Waals surface area contributed by atoms with Crippen LogP contribution < -0.4 is 16.6 Å². The van der Waals surface area contributed by atoms with Gasteiger partial charge in [0.1, 0.15) is 0 Å². The number of allylic oxidation sites excluding steroid dienone is 1. The van der Waals surface area contributed by atoms with Gasteiger partial charge in [-0.2, -0.15) is 0 Å². The third-order valence-electron chi connectivity index (χ3n) is 3.17. The maximum atomic E-state index is 11.3. The molecule has 1 amide bonds. The van der Waals surface area contributed by atoms with E-state index in [-0.39, 0.29) is 17.7 Å². The van der Waals surface area contributed by atoms with E-state index in [1.54, 1.807) is 6.08 Å². The smallest absolute Gasteiger partial charge is 0.244 e. The Kier molecular flexibility index (Phi) is 6.65. The van der Waals surface area contributed by atoms with Crippen LogP contribution in [0.3, 0.4) is 0 Å². The van der Waals surface area contributed by atoms with E-state index in [9.17, 15) is 4.79 Å². The van der Waals surface area contributed by atoms with Crippen molar-refractivity contribution in [2.75, 3.05) is 11.1 Å². The van der Waals surface area contributed by atoms with E-state index in [0.717, 1.165) is 11.5 Å². The predicted molar refractivity (Wildman–Crippen MR) is 96.8 cm³/mol. The fraction of sp³-hybridized carbons (Fsp3) is 0.267. The lowest BCUT2D eigenvalue weighted by Gasteiger charge is -2.16. The lowest BCUT2D eigenvalue weighted by atomic mass is 10.2. The predicted octanol–water partition coefficient (Wildman–Crippen LogP) is 2.37. The van der Waals surface area contributed by atoms with Gasteiger partial charge in [0, 0.05) is 17.3 Å². The number of benzene rings is 1. The molecule has 1 aromatic heterocycles. The van der Waals surface area contributed by atoms with Crippen molar-refractivity contribution in [1.82, 2.24) is 20.2 Å². The number of thioether (sulfide) groups is 1. The molecule has 0 saturated carbocycles. The zero-order valence-electron chi connectivity index (χ0n) is 13.2. The summed E-state index contributed by atoms with van der Waals surface area (Å²) in [4.78, 5) is 11.3. The molecule has 0 bridgehead atoms. The molecule has 0 fully saturated rings. The van der Waals surface area contributed by atoms with Crippen LogP contribution in [0.2, 0.25) is 5.02 Å². The van der Waals surface area contributed by atoms with E-state index >= 15 is 0 Å². The molecule has 9 heteroatoms. The molecule has 0 spiro atoms. The van der Waals surface area contributed by atoms with E-state index in [1.165, 1.54) is 11.8 Å². The molecule has 24 heavy (non-hydrogen) atoms. The third-order valence-corrected chi connectivity index (χ3v) is 4.38. The van der Waals surface area contributed by atoms with Gasteiger partial charge in [-0.15, -0.1) is 16.8 Å². The molecule has 0 aliphatic carbocycles. The Bertz CT molecular complexity index is 702.